The second-order valence-electron chi connectivity index (χ2n) is 4.12. The van der Waals surface area contributed by atoms with Gasteiger partial charge in [0.1, 0.15) is 0 Å². The highest BCUT2D eigenvalue weighted by Crippen LogP contribution is 2.28. The molecule has 0 atom stereocenters. The molecule has 0 radical (unpaired) electrons. The quantitative estimate of drug-likeness (QED) is 0.594. The fourth-order valence-corrected chi connectivity index (χ4v) is 2.74. The normalized spacial score (nSPS) is 10.9. The van der Waals surface area contributed by atoms with Gasteiger partial charge in [-0.15, -0.1) is 10.2 Å². The van der Waals surface area contributed by atoms with E-state index in [0.29, 0.717) is 0 Å². The van der Waals surface area contributed by atoms with Crippen LogP contribution in [0.3, 0.4) is 0 Å². The molecule has 21 heavy (non-hydrogen) atoms. The van der Waals surface area contributed by atoms with E-state index in [9.17, 15) is 0 Å². The van der Waals surface area contributed by atoms with Gasteiger partial charge in [0, 0.05) is 17.0 Å². The molecule has 0 saturated heterocycles. The van der Waals surface area contributed by atoms with Gasteiger partial charge in [-0.2, -0.15) is 0 Å². The Hall–Kier alpha value is -1.60. The van der Waals surface area contributed by atoms with Crippen LogP contribution in [0.2, 0.25) is 0 Å². The van der Waals surface area contributed by atoms with Crippen molar-refractivity contribution in [3.63, 3.8) is 0 Å². The molecular formula is C15H11ClO4S. The summed E-state index contributed by atoms with van der Waals surface area (Å²) in [6.07, 6.45) is 0. The first-order chi connectivity index (χ1) is 9.93. The van der Waals surface area contributed by atoms with Crippen LogP contribution < -0.4 is 18.6 Å². The monoisotopic (exact) mass is 322 g/mol. The summed E-state index contributed by atoms with van der Waals surface area (Å²) in [6, 6.07) is 21.3. The number of hydrogen-bond donors (Lipinski definition) is 0. The Morgan fingerprint density at radius 3 is 1.86 bits per heavy atom. The summed E-state index contributed by atoms with van der Waals surface area (Å²) in [4.78, 5) is 1.32. The predicted molar refractivity (Wildman–Crippen MR) is 71.7 cm³/mol. The number of rotatable bonds is 1. The zero-order chi connectivity index (χ0) is 15.3. The Kier molecular flexibility index (Phi) is 5.19. The Balaban J connectivity index is 0.000000282. The Bertz CT molecular complexity index is 707. The van der Waals surface area contributed by atoms with Crippen LogP contribution in [0, 0.1) is 10.2 Å². The molecule has 3 rings (SSSR count). The Morgan fingerprint density at radius 2 is 1.24 bits per heavy atom. The van der Waals surface area contributed by atoms with Crippen molar-refractivity contribution in [2.75, 3.05) is 0 Å². The summed E-state index contributed by atoms with van der Waals surface area (Å²) in [5.74, 6) is 0. The van der Waals surface area contributed by atoms with Crippen molar-refractivity contribution in [3.8, 4) is 10.4 Å². The fraction of sp³-hybridized carbons (Fsp3) is 0. The van der Waals surface area contributed by atoms with Gasteiger partial charge in [-0.3, -0.25) is 0 Å². The molecule has 4 nitrogen and oxygen atoms in total. The molecule has 0 saturated carbocycles. The zero-order valence-electron chi connectivity index (χ0n) is 10.8. The molecule has 1 aromatic heterocycles. The summed E-state index contributed by atoms with van der Waals surface area (Å²) < 4.78 is 34.0. The second-order valence-corrected chi connectivity index (χ2v) is 5.78. The third kappa shape index (κ3) is 5.35. The lowest BCUT2D eigenvalue weighted by Gasteiger charge is -2.17. The van der Waals surface area contributed by atoms with Crippen molar-refractivity contribution < 1.29 is 28.9 Å². The van der Waals surface area contributed by atoms with Gasteiger partial charge in [-0.05, 0) is 23.6 Å². The van der Waals surface area contributed by atoms with E-state index < -0.39 is 10.2 Å². The lowest BCUT2D eigenvalue weighted by molar-refractivity contribution is -2.00. The smallest absolute Gasteiger partial charge is 0.222 e. The van der Waals surface area contributed by atoms with Crippen molar-refractivity contribution in [3.05, 3.63) is 66.0 Å². The fourth-order valence-electron chi connectivity index (χ4n) is 1.81. The average molecular weight is 323 g/mol. The lowest BCUT2D eigenvalue weighted by atomic mass is 10.1. The maximum absolute atomic E-state index is 8.49. The standard InChI is InChI=1S/C15H11S.ClHO4/c1-2-6-12(7-3-1)15-10-13-8-4-5-9-14(13)11-16-15;2-1(3,4)5/h1-11H;(H,2,3,4,5)/q+1;/p-1. The van der Waals surface area contributed by atoms with Gasteiger partial charge >= 0.3 is 0 Å². The molecule has 2 aromatic carbocycles. The van der Waals surface area contributed by atoms with Crippen LogP contribution >= 0.6 is 11.3 Å². The van der Waals surface area contributed by atoms with Crippen molar-refractivity contribution >= 4 is 22.1 Å². The highest BCUT2D eigenvalue weighted by molar-refractivity contribution is 7.13. The summed E-state index contributed by atoms with van der Waals surface area (Å²) in [5, 5.41) is 4.84. The molecule has 0 aliphatic rings. The van der Waals surface area contributed by atoms with Gasteiger partial charge in [0.2, 0.25) is 21.6 Å². The number of halogens is 1. The van der Waals surface area contributed by atoms with E-state index in [4.69, 9.17) is 18.6 Å². The van der Waals surface area contributed by atoms with Crippen LogP contribution in [0.4, 0.5) is 0 Å². The van der Waals surface area contributed by atoms with E-state index in [-0.39, 0.29) is 0 Å². The first-order valence-corrected chi connectivity index (χ1v) is 8.03. The summed E-state index contributed by atoms with van der Waals surface area (Å²) in [5.41, 5.74) is 1.29. The van der Waals surface area contributed by atoms with Gasteiger partial charge in [-0.25, -0.2) is 18.6 Å². The third-order valence-electron chi connectivity index (χ3n) is 2.65. The average Bonchev–Trinajstić information content (AvgIpc) is 2.46. The number of fused-ring (bicyclic) bond motifs is 1. The largest absolute Gasteiger partial charge is 0.238 e. The topological polar surface area (TPSA) is 92.2 Å². The molecule has 108 valence electrons. The van der Waals surface area contributed by atoms with Gasteiger partial charge in [0.25, 0.3) is 0 Å². The molecule has 6 heteroatoms. The van der Waals surface area contributed by atoms with Crippen molar-refractivity contribution in [1.82, 2.24) is 0 Å². The molecule has 0 aliphatic heterocycles. The third-order valence-corrected chi connectivity index (χ3v) is 3.63. The molecule has 0 amide bonds. The summed E-state index contributed by atoms with van der Waals surface area (Å²) in [7, 11) is -4.94. The van der Waals surface area contributed by atoms with Crippen molar-refractivity contribution in [2.45, 2.75) is 0 Å². The summed E-state index contributed by atoms with van der Waals surface area (Å²) in [6.45, 7) is 0. The molecule has 0 aliphatic carbocycles. The minimum absolute atomic E-state index is 1.29. The van der Waals surface area contributed by atoms with E-state index in [0.717, 1.165) is 0 Å². The Morgan fingerprint density at radius 1 is 0.714 bits per heavy atom. The van der Waals surface area contributed by atoms with E-state index >= 15 is 0 Å². The van der Waals surface area contributed by atoms with Crippen molar-refractivity contribution in [2.24, 2.45) is 0 Å². The van der Waals surface area contributed by atoms with Gasteiger partial charge in [-0.1, -0.05) is 36.4 Å². The van der Waals surface area contributed by atoms with Crippen LogP contribution in [0.25, 0.3) is 21.2 Å². The molecule has 0 unspecified atom stereocenters. The van der Waals surface area contributed by atoms with Crippen LogP contribution in [0.5, 0.6) is 0 Å². The highest BCUT2D eigenvalue weighted by Gasteiger charge is 2.09. The van der Waals surface area contributed by atoms with Crippen molar-refractivity contribution in [1.29, 1.82) is 0 Å². The molecular weight excluding hydrogens is 312 g/mol. The maximum Gasteiger partial charge on any atom is 0.238 e. The number of benzene rings is 2. The SMILES string of the molecule is [O-][Cl+3]([O-])([O-])[O-].c1ccc(-c2cc3ccccc3c[s+]2)cc1. The Labute approximate surface area is 127 Å². The van der Waals surface area contributed by atoms with Gasteiger partial charge in [0.05, 0.1) is 0 Å². The lowest BCUT2D eigenvalue weighted by Crippen LogP contribution is -2.68. The van der Waals surface area contributed by atoms with E-state index in [1.54, 1.807) is 11.3 Å². The minimum atomic E-state index is -4.94. The molecule has 1 heterocycles. The van der Waals surface area contributed by atoms with Gasteiger partial charge in [0.15, 0.2) is 0 Å². The zero-order valence-corrected chi connectivity index (χ0v) is 12.3. The van der Waals surface area contributed by atoms with Gasteiger partial charge < -0.3 is 0 Å². The van der Waals surface area contributed by atoms with Crippen LogP contribution in [-0.2, 0) is 0 Å². The van der Waals surface area contributed by atoms with Crippen LogP contribution in [-0.4, -0.2) is 0 Å². The number of hydrogen-bond acceptors (Lipinski definition) is 4. The molecule has 0 bridgehead atoms. The first kappa shape index (κ1) is 15.8. The second kappa shape index (κ2) is 6.91. The summed E-state index contributed by atoms with van der Waals surface area (Å²) >= 11 is 1.80. The molecule has 3 aromatic rings. The molecule has 0 N–H and O–H groups in total. The molecule has 0 spiro atoms. The highest BCUT2D eigenvalue weighted by atomic mass is 35.7. The minimum Gasteiger partial charge on any atom is -0.222 e. The first-order valence-electron chi connectivity index (χ1n) is 5.91. The molecule has 0 fully saturated rings. The van der Waals surface area contributed by atoms with Crippen LogP contribution in [0.15, 0.2) is 66.0 Å². The van der Waals surface area contributed by atoms with E-state index in [2.05, 4.69) is 66.0 Å². The van der Waals surface area contributed by atoms with E-state index in [1.165, 1.54) is 21.2 Å². The van der Waals surface area contributed by atoms with E-state index in [1.807, 2.05) is 0 Å². The predicted octanol–water partition coefficient (Wildman–Crippen LogP) is 0.0934. The van der Waals surface area contributed by atoms with Crippen LogP contribution in [0.1, 0.15) is 0 Å². The maximum atomic E-state index is 8.49.